The van der Waals surface area contributed by atoms with Crippen molar-refractivity contribution in [2.75, 3.05) is 13.7 Å². The van der Waals surface area contributed by atoms with Crippen molar-refractivity contribution in [2.45, 2.75) is 6.42 Å². The maximum Gasteiger partial charge on any atom is 0.369 e. The molecule has 0 radical (unpaired) electrons. The van der Waals surface area contributed by atoms with E-state index in [9.17, 15) is 4.79 Å². The molecule has 1 heterocycles. The van der Waals surface area contributed by atoms with E-state index in [0.29, 0.717) is 22.6 Å². The van der Waals surface area contributed by atoms with Crippen LogP contribution in [0.5, 0.6) is 11.5 Å². The molecule has 1 aromatic carbocycles. The van der Waals surface area contributed by atoms with Gasteiger partial charge in [0.1, 0.15) is 4.64 Å². The second-order valence-corrected chi connectivity index (χ2v) is 4.98. The lowest BCUT2D eigenvalue weighted by atomic mass is 10.1. The van der Waals surface area contributed by atoms with Crippen molar-refractivity contribution in [3.63, 3.8) is 0 Å². The fourth-order valence-corrected chi connectivity index (χ4v) is 2.13. The van der Waals surface area contributed by atoms with E-state index in [2.05, 4.69) is 6.58 Å². The standard InChI is InChI=1S/C17H17NO4S/c1-3-7-13-8-6-9-14(20-2)17(13)21-12-16(19)22-18-11-5-4-10-15(18)23/h3-6,8-11H,1,7,12H2,2H3. The van der Waals surface area contributed by atoms with E-state index in [1.54, 1.807) is 43.6 Å². The Hall–Kier alpha value is -2.60. The van der Waals surface area contributed by atoms with Crippen LogP contribution in [0, 0.1) is 4.64 Å². The predicted octanol–water partition coefficient (Wildman–Crippen LogP) is 2.99. The average molecular weight is 331 g/mol. The van der Waals surface area contributed by atoms with Crippen molar-refractivity contribution in [1.82, 2.24) is 4.73 Å². The number of allylic oxidation sites excluding steroid dienone is 1. The summed E-state index contributed by atoms with van der Waals surface area (Å²) in [6.07, 6.45) is 3.92. The Morgan fingerprint density at radius 2 is 2.13 bits per heavy atom. The largest absolute Gasteiger partial charge is 0.493 e. The highest BCUT2D eigenvalue weighted by Gasteiger charge is 2.13. The van der Waals surface area contributed by atoms with Gasteiger partial charge in [0, 0.05) is 11.8 Å². The van der Waals surface area contributed by atoms with Crippen molar-refractivity contribution in [1.29, 1.82) is 0 Å². The summed E-state index contributed by atoms with van der Waals surface area (Å²) in [6.45, 7) is 3.45. The molecule has 0 bridgehead atoms. The quantitative estimate of drug-likeness (QED) is 0.577. The van der Waals surface area contributed by atoms with Gasteiger partial charge in [-0.15, -0.1) is 6.58 Å². The topological polar surface area (TPSA) is 49.7 Å². The summed E-state index contributed by atoms with van der Waals surface area (Å²) in [5.74, 6) is 0.486. The maximum atomic E-state index is 11.9. The lowest BCUT2D eigenvalue weighted by molar-refractivity contribution is -0.146. The number of rotatable bonds is 7. The molecule has 2 aromatic rings. The van der Waals surface area contributed by atoms with Gasteiger partial charge in [0.05, 0.1) is 7.11 Å². The number of pyridine rings is 1. The number of carbonyl (C=O) groups excluding carboxylic acids is 1. The van der Waals surface area contributed by atoms with E-state index in [1.807, 2.05) is 12.1 Å². The van der Waals surface area contributed by atoms with Crippen molar-refractivity contribution in [3.8, 4) is 11.5 Å². The van der Waals surface area contributed by atoms with Crippen LogP contribution in [0.25, 0.3) is 0 Å². The third-order valence-corrected chi connectivity index (χ3v) is 3.28. The molecular weight excluding hydrogens is 314 g/mol. The van der Waals surface area contributed by atoms with E-state index in [4.69, 9.17) is 26.5 Å². The van der Waals surface area contributed by atoms with Crippen LogP contribution < -0.4 is 14.3 Å². The average Bonchev–Trinajstić information content (AvgIpc) is 2.56. The van der Waals surface area contributed by atoms with Gasteiger partial charge in [0.25, 0.3) is 0 Å². The minimum atomic E-state index is -0.567. The van der Waals surface area contributed by atoms with Crippen LogP contribution in [0.15, 0.2) is 55.3 Å². The van der Waals surface area contributed by atoms with Gasteiger partial charge < -0.3 is 14.3 Å². The van der Waals surface area contributed by atoms with Gasteiger partial charge in [-0.3, -0.25) is 0 Å². The van der Waals surface area contributed by atoms with Crippen LogP contribution in [-0.4, -0.2) is 24.4 Å². The molecule has 0 aliphatic rings. The number of benzene rings is 1. The highest BCUT2D eigenvalue weighted by molar-refractivity contribution is 7.71. The van der Waals surface area contributed by atoms with Crippen molar-refractivity contribution in [3.05, 3.63) is 65.5 Å². The predicted molar refractivity (Wildman–Crippen MR) is 89.2 cm³/mol. The minimum absolute atomic E-state index is 0.263. The number of hydrogen-bond donors (Lipinski definition) is 0. The van der Waals surface area contributed by atoms with Gasteiger partial charge in [0.15, 0.2) is 18.1 Å². The molecule has 6 heteroatoms. The molecule has 23 heavy (non-hydrogen) atoms. The molecule has 0 spiro atoms. The smallest absolute Gasteiger partial charge is 0.369 e. The molecule has 0 unspecified atom stereocenters. The molecule has 0 saturated heterocycles. The fraction of sp³-hybridized carbons (Fsp3) is 0.176. The van der Waals surface area contributed by atoms with Crippen molar-refractivity contribution in [2.24, 2.45) is 0 Å². The van der Waals surface area contributed by atoms with Gasteiger partial charge >= 0.3 is 5.97 Å². The summed E-state index contributed by atoms with van der Waals surface area (Å²) >= 11 is 5.06. The zero-order valence-corrected chi connectivity index (χ0v) is 13.5. The first-order valence-corrected chi connectivity index (χ1v) is 7.35. The van der Waals surface area contributed by atoms with Gasteiger partial charge in [-0.2, -0.15) is 4.73 Å². The van der Waals surface area contributed by atoms with E-state index >= 15 is 0 Å². The van der Waals surface area contributed by atoms with Crippen LogP contribution in [-0.2, 0) is 11.2 Å². The second kappa shape index (κ2) is 8.14. The third-order valence-electron chi connectivity index (χ3n) is 2.97. The molecule has 1 aromatic heterocycles. The number of para-hydroxylation sites is 1. The summed E-state index contributed by atoms with van der Waals surface area (Å²) in [5, 5.41) is 0. The molecule has 0 atom stereocenters. The monoisotopic (exact) mass is 331 g/mol. The molecule has 0 saturated carbocycles. The Bertz CT molecular complexity index is 754. The van der Waals surface area contributed by atoms with Crippen molar-refractivity contribution >= 4 is 18.2 Å². The van der Waals surface area contributed by atoms with Crippen molar-refractivity contribution < 1.29 is 19.1 Å². The lowest BCUT2D eigenvalue weighted by Gasteiger charge is -2.14. The molecule has 2 rings (SSSR count). The number of nitrogens with zero attached hydrogens (tertiary/aromatic N) is 1. The summed E-state index contributed by atoms with van der Waals surface area (Å²) < 4.78 is 12.5. The lowest BCUT2D eigenvalue weighted by Crippen LogP contribution is -2.26. The van der Waals surface area contributed by atoms with E-state index < -0.39 is 5.97 Å². The molecule has 0 aliphatic carbocycles. The van der Waals surface area contributed by atoms with E-state index in [1.165, 1.54) is 4.73 Å². The van der Waals surface area contributed by atoms with Gasteiger partial charge in [-0.1, -0.05) is 36.5 Å². The van der Waals surface area contributed by atoms with Crippen LogP contribution in [0.2, 0.25) is 0 Å². The fourth-order valence-electron chi connectivity index (χ4n) is 1.96. The summed E-state index contributed by atoms with van der Waals surface area (Å²) in [5.41, 5.74) is 0.878. The molecule has 0 aliphatic heterocycles. The first-order valence-electron chi connectivity index (χ1n) is 6.94. The van der Waals surface area contributed by atoms with Gasteiger partial charge in [-0.25, -0.2) is 4.79 Å². The second-order valence-electron chi connectivity index (χ2n) is 4.56. The summed E-state index contributed by atoms with van der Waals surface area (Å²) in [6, 6.07) is 10.6. The normalized spacial score (nSPS) is 9.96. The highest BCUT2D eigenvalue weighted by atomic mass is 32.1. The van der Waals surface area contributed by atoms with Crippen LogP contribution in [0.4, 0.5) is 0 Å². The van der Waals surface area contributed by atoms with Crippen LogP contribution in [0.1, 0.15) is 5.56 Å². The van der Waals surface area contributed by atoms with Crippen LogP contribution in [0.3, 0.4) is 0 Å². The Kier molecular flexibility index (Phi) is 5.94. The molecule has 0 amide bonds. The van der Waals surface area contributed by atoms with E-state index in [-0.39, 0.29) is 6.61 Å². The number of ether oxygens (including phenoxy) is 2. The number of aromatic nitrogens is 1. The number of carbonyl (C=O) groups is 1. The Morgan fingerprint density at radius 3 is 2.83 bits per heavy atom. The zero-order valence-electron chi connectivity index (χ0n) is 12.7. The van der Waals surface area contributed by atoms with Gasteiger partial charge in [0.2, 0.25) is 0 Å². The first-order chi connectivity index (χ1) is 11.2. The molecular formula is C17H17NO4S. The maximum absolute atomic E-state index is 11.9. The number of hydrogen-bond acceptors (Lipinski definition) is 5. The van der Waals surface area contributed by atoms with Crippen LogP contribution >= 0.6 is 12.2 Å². The SMILES string of the molecule is C=CCc1cccc(OC)c1OCC(=O)On1ccccc1=S. The van der Waals surface area contributed by atoms with Gasteiger partial charge in [-0.05, 0) is 24.6 Å². The Labute approximate surface area is 139 Å². The number of methoxy groups -OCH3 is 1. The highest BCUT2D eigenvalue weighted by Crippen LogP contribution is 2.31. The summed E-state index contributed by atoms with van der Waals surface area (Å²) in [7, 11) is 1.54. The molecule has 0 fully saturated rings. The Balaban J connectivity index is 2.08. The first kappa shape index (κ1) is 16.8. The Morgan fingerprint density at radius 1 is 1.30 bits per heavy atom. The summed E-state index contributed by atoms with van der Waals surface area (Å²) in [4.78, 5) is 17.1. The molecule has 120 valence electrons. The van der Waals surface area contributed by atoms with E-state index in [0.717, 1.165) is 5.56 Å². The molecule has 0 N–H and O–H groups in total. The third kappa shape index (κ3) is 4.43. The molecule has 5 nitrogen and oxygen atoms in total. The minimum Gasteiger partial charge on any atom is -0.493 e. The zero-order chi connectivity index (χ0) is 16.7.